The van der Waals surface area contributed by atoms with Gasteiger partial charge in [0.15, 0.2) is 0 Å². The summed E-state index contributed by atoms with van der Waals surface area (Å²) in [5.74, 6) is 0.665. The molecular formula is C15H18ClNO. The van der Waals surface area contributed by atoms with Gasteiger partial charge in [0.05, 0.1) is 0 Å². The number of hydrogen-bond donors (Lipinski definition) is 0. The third kappa shape index (κ3) is 3.36. The Morgan fingerprint density at radius 1 is 1.28 bits per heavy atom. The van der Waals surface area contributed by atoms with Crippen LogP contribution in [0.1, 0.15) is 25.3 Å². The van der Waals surface area contributed by atoms with Crippen LogP contribution in [-0.2, 0) is 4.79 Å². The summed E-state index contributed by atoms with van der Waals surface area (Å²) in [7, 11) is 0. The molecule has 0 saturated carbocycles. The van der Waals surface area contributed by atoms with Gasteiger partial charge in [-0.05, 0) is 30.4 Å². The van der Waals surface area contributed by atoms with Gasteiger partial charge in [0, 0.05) is 13.1 Å². The SMILES string of the molecule is CC1CCN(C(=O)C(Cl)=Cc2ccccc2)CC1. The smallest absolute Gasteiger partial charge is 0.265 e. The Balaban J connectivity index is 2.03. The van der Waals surface area contributed by atoms with Crippen molar-refractivity contribution in [3.05, 3.63) is 40.9 Å². The number of nitrogens with zero attached hydrogens (tertiary/aromatic N) is 1. The monoisotopic (exact) mass is 263 g/mol. The van der Waals surface area contributed by atoms with E-state index in [1.807, 2.05) is 35.2 Å². The van der Waals surface area contributed by atoms with Crippen LogP contribution in [0.2, 0.25) is 0 Å². The molecule has 18 heavy (non-hydrogen) atoms. The van der Waals surface area contributed by atoms with Gasteiger partial charge in [0.1, 0.15) is 5.03 Å². The Labute approximate surface area is 113 Å². The highest BCUT2D eigenvalue weighted by Crippen LogP contribution is 2.20. The van der Waals surface area contributed by atoms with Crippen LogP contribution in [0.3, 0.4) is 0 Å². The molecule has 2 rings (SSSR count). The van der Waals surface area contributed by atoms with Gasteiger partial charge in [-0.1, -0.05) is 48.9 Å². The summed E-state index contributed by atoms with van der Waals surface area (Å²) < 4.78 is 0. The zero-order valence-corrected chi connectivity index (χ0v) is 11.4. The van der Waals surface area contributed by atoms with Gasteiger partial charge in [0.25, 0.3) is 5.91 Å². The van der Waals surface area contributed by atoms with E-state index in [-0.39, 0.29) is 5.91 Å². The van der Waals surface area contributed by atoms with Crippen molar-refractivity contribution >= 4 is 23.6 Å². The molecule has 1 aromatic carbocycles. The molecule has 1 aromatic rings. The molecule has 0 spiro atoms. The third-order valence-electron chi connectivity index (χ3n) is 3.37. The zero-order valence-electron chi connectivity index (χ0n) is 10.6. The van der Waals surface area contributed by atoms with Crippen molar-refractivity contribution in [2.45, 2.75) is 19.8 Å². The summed E-state index contributed by atoms with van der Waals surface area (Å²) in [6.07, 6.45) is 3.88. The van der Waals surface area contributed by atoms with Crippen molar-refractivity contribution in [3.8, 4) is 0 Å². The van der Waals surface area contributed by atoms with E-state index in [4.69, 9.17) is 11.6 Å². The number of amides is 1. The summed E-state index contributed by atoms with van der Waals surface area (Å²) >= 11 is 6.11. The predicted octanol–water partition coefficient (Wildman–Crippen LogP) is 3.52. The number of rotatable bonds is 2. The second kappa shape index (κ2) is 6.05. The average molecular weight is 264 g/mol. The normalized spacial score (nSPS) is 17.9. The quantitative estimate of drug-likeness (QED) is 0.748. The fourth-order valence-electron chi connectivity index (χ4n) is 2.12. The predicted molar refractivity (Wildman–Crippen MR) is 75.3 cm³/mol. The van der Waals surface area contributed by atoms with E-state index in [2.05, 4.69) is 6.92 Å². The van der Waals surface area contributed by atoms with Gasteiger partial charge >= 0.3 is 0 Å². The molecule has 96 valence electrons. The van der Waals surface area contributed by atoms with Crippen molar-refractivity contribution in [2.24, 2.45) is 5.92 Å². The van der Waals surface area contributed by atoms with Crippen molar-refractivity contribution in [1.29, 1.82) is 0 Å². The minimum Gasteiger partial charge on any atom is -0.338 e. The first-order chi connectivity index (χ1) is 8.66. The van der Waals surface area contributed by atoms with Crippen LogP contribution >= 0.6 is 11.6 Å². The lowest BCUT2D eigenvalue weighted by Gasteiger charge is -2.30. The molecule has 0 bridgehead atoms. The third-order valence-corrected chi connectivity index (χ3v) is 3.64. The maximum atomic E-state index is 12.1. The molecule has 0 unspecified atom stereocenters. The molecule has 0 radical (unpaired) electrons. The van der Waals surface area contributed by atoms with Gasteiger partial charge in [-0.25, -0.2) is 0 Å². The Bertz CT molecular complexity index is 433. The Kier molecular flexibility index (Phi) is 4.43. The van der Waals surface area contributed by atoms with Crippen molar-refractivity contribution in [2.75, 3.05) is 13.1 Å². The van der Waals surface area contributed by atoms with E-state index < -0.39 is 0 Å². The molecule has 3 heteroatoms. The Morgan fingerprint density at radius 3 is 2.50 bits per heavy atom. The molecule has 1 heterocycles. The number of halogens is 1. The first kappa shape index (κ1) is 13.2. The standard InChI is InChI=1S/C15H18ClNO/c1-12-7-9-17(10-8-12)15(18)14(16)11-13-5-3-2-4-6-13/h2-6,11-12H,7-10H2,1H3. The zero-order chi connectivity index (χ0) is 13.0. The van der Waals surface area contributed by atoms with Gasteiger partial charge in [-0.15, -0.1) is 0 Å². The number of carbonyl (C=O) groups is 1. The van der Waals surface area contributed by atoms with Crippen LogP contribution < -0.4 is 0 Å². The fraction of sp³-hybridized carbons (Fsp3) is 0.400. The van der Waals surface area contributed by atoms with Crippen molar-refractivity contribution in [3.63, 3.8) is 0 Å². The van der Waals surface area contributed by atoms with E-state index in [1.165, 1.54) is 0 Å². The van der Waals surface area contributed by atoms with E-state index >= 15 is 0 Å². The molecule has 1 aliphatic heterocycles. The maximum absolute atomic E-state index is 12.1. The van der Waals surface area contributed by atoms with E-state index in [9.17, 15) is 4.79 Å². The summed E-state index contributed by atoms with van der Waals surface area (Å²) in [4.78, 5) is 14.0. The van der Waals surface area contributed by atoms with Crippen LogP contribution in [0.5, 0.6) is 0 Å². The lowest BCUT2D eigenvalue weighted by Crippen LogP contribution is -2.37. The number of likely N-dealkylation sites (tertiary alicyclic amines) is 1. The lowest BCUT2D eigenvalue weighted by molar-refractivity contribution is -0.127. The van der Waals surface area contributed by atoms with E-state index in [0.29, 0.717) is 11.0 Å². The van der Waals surface area contributed by atoms with Crippen molar-refractivity contribution < 1.29 is 4.79 Å². The highest BCUT2D eigenvalue weighted by molar-refractivity contribution is 6.44. The Morgan fingerprint density at radius 2 is 1.89 bits per heavy atom. The largest absolute Gasteiger partial charge is 0.338 e. The molecule has 1 aliphatic rings. The molecule has 0 aliphatic carbocycles. The van der Waals surface area contributed by atoms with Crippen LogP contribution in [-0.4, -0.2) is 23.9 Å². The maximum Gasteiger partial charge on any atom is 0.265 e. The summed E-state index contributed by atoms with van der Waals surface area (Å²) in [6, 6.07) is 9.69. The Hall–Kier alpha value is -1.28. The number of piperidine rings is 1. The number of hydrogen-bond acceptors (Lipinski definition) is 1. The second-order valence-electron chi connectivity index (χ2n) is 4.88. The summed E-state index contributed by atoms with van der Waals surface area (Å²) in [5.41, 5.74) is 0.959. The molecule has 2 nitrogen and oxygen atoms in total. The first-order valence-electron chi connectivity index (χ1n) is 6.38. The highest BCUT2D eigenvalue weighted by atomic mass is 35.5. The van der Waals surface area contributed by atoms with E-state index in [1.54, 1.807) is 6.08 Å². The molecular weight excluding hydrogens is 246 g/mol. The molecule has 1 saturated heterocycles. The molecule has 1 amide bonds. The van der Waals surface area contributed by atoms with Crippen LogP contribution in [0, 0.1) is 5.92 Å². The molecule has 0 N–H and O–H groups in total. The minimum atomic E-state index is -0.0487. The molecule has 1 fully saturated rings. The van der Waals surface area contributed by atoms with Gasteiger partial charge < -0.3 is 4.90 Å². The first-order valence-corrected chi connectivity index (χ1v) is 6.76. The van der Waals surface area contributed by atoms with E-state index in [0.717, 1.165) is 31.5 Å². The molecule has 0 atom stereocenters. The molecule has 0 aromatic heterocycles. The summed E-state index contributed by atoms with van der Waals surface area (Å²) in [6.45, 7) is 3.86. The fourth-order valence-corrected chi connectivity index (χ4v) is 2.37. The number of benzene rings is 1. The van der Waals surface area contributed by atoms with Gasteiger partial charge in [0.2, 0.25) is 0 Å². The topological polar surface area (TPSA) is 20.3 Å². The lowest BCUT2D eigenvalue weighted by atomic mass is 9.99. The van der Waals surface area contributed by atoms with Crippen molar-refractivity contribution in [1.82, 2.24) is 4.90 Å². The van der Waals surface area contributed by atoms with Crippen LogP contribution in [0.4, 0.5) is 0 Å². The minimum absolute atomic E-state index is 0.0487. The number of carbonyl (C=O) groups excluding carboxylic acids is 1. The van der Waals surface area contributed by atoms with Gasteiger partial charge in [-0.2, -0.15) is 0 Å². The second-order valence-corrected chi connectivity index (χ2v) is 5.28. The van der Waals surface area contributed by atoms with Crippen LogP contribution in [0.15, 0.2) is 35.4 Å². The van der Waals surface area contributed by atoms with Gasteiger partial charge in [-0.3, -0.25) is 4.79 Å². The summed E-state index contributed by atoms with van der Waals surface area (Å²) in [5, 5.41) is 0.302. The van der Waals surface area contributed by atoms with Crippen LogP contribution in [0.25, 0.3) is 6.08 Å². The average Bonchev–Trinajstić information content (AvgIpc) is 2.40. The highest BCUT2D eigenvalue weighted by Gasteiger charge is 2.21.